The molecule has 2 aliphatic rings. The van der Waals surface area contributed by atoms with Crippen molar-refractivity contribution in [3.8, 4) is 0 Å². The Hall–Kier alpha value is -6.94. The van der Waals surface area contributed by atoms with Crippen LogP contribution >= 0.6 is 0 Å². The predicted molar refractivity (Wildman–Crippen MR) is 289 cm³/mol. The van der Waals surface area contributed by atoms with Gasteiger partial charge in [0.05, 0.1) is 45.8 Å². The van der Waals surface area contributed by atoms with Gasteiger partial charge in [0, 0.05) is 133 Å². The third kappa shape index (κ3) is 19.9. The number of benzene rings is 2. The number of aldehydes is 1. The molecule has 0 saturated carbocycles. The summed E-state index contributed by atoms with van der Waals surface area (Å²) in [6, 6.07) is 13.9. The molecular formula is C51H71N14NaO16. The van der Waals surface area contributed by atoms with Crippen molar-refractivity contribution in [2.75, 3.05) is 151 Å². The number of carbonyl (C=O) groups is 10. The number of nitrogens with two attached hydrogens (primary N) is 1. The molecule has 0 radical (unpaired) electrons. The largest absolute Gasteiger partial charge is 1.00 e. The molecule has 4 aromatic rings. The van der Waals surface area contributed by atoms with Crippen molar-refractivity contribution in [3.63, 3.8) is 0 Å². The van der Waals surface area contributed by atoms with E-state index in [1.54, 1.807) is 82.8 Å². The monoisotopic (exact) mass is 1160 g/mol. The van der Waals surface area contributed by atoms with Gasteiger partial charge in [0.2, 0.25) is 0 Å². The van der Waals surface area contributed by atoms with Crippen LogP contribution in [0.25, 0.3) is 21.8 Å². The predicted octanol–water partition coefficient (Wildman–Crippen LogP) is -6.09. The van der Waals surface area contributed by atoms with Gasteiger partial charge in [-0.2, -0.15) is 0 Å². The number of hydrazine groups is 2. The fraction of sp³-hybridized carbons (Fsp3) is 0.490. The first kappa shape index (κ1) is 65.9. The summed E-state index contributed by atoms with van der Waals surface area (Å²) in [5.74, 6) is -2.39. The first-order valence-electron chi connectivity index (χ1n) is 26.1. The number of amides is 3. The molecular weight excluding hydrogens is 1090 g/mol. The third-order valence-corrected chi connectivity index (χ3v) is 14.1. The number of nitrogens with zero attached hydrogens (tertiary/aromatic N) is 9. The number of aromatic nitrogens is 2. The Morgan fingerprint density at radius 2 is 0.793 bits per heavy atom. The number of hydrogen-bond donors (Lipinski definition) is 11. The topological polar surface area (TPSA) is 403 Å². The normalized spacial score (nSPS) is 17.4. The van der Waals surface area contributed by atoms with Gasteiger partial charge in [0.1, 0.15) is 11.4 Å². The maximum Gasteiger partial charge on any atom is 1.00 e. The van der Waals surface area contributed by atoms with Gasteiger partial charge in [-0.1, -0.05) is 36.4 Å². The second-order valence-corrected chi connectivity index (χ2v) is 19.8. The second-order valence-electron chi connectivity index (χ2n) is 19.8. The minimum absolute atomic E-state index is 0. The first-order chi connectivity index (χ1) is 38.7. The summed E-state index contributed by atoms with van der Waals surface area (Å²) < 4.78 is 0. The van der Waals surface area contributed by atoms with Crippen LogP contribution in [-0.4, -0.2) is 301 Å². The maximum absolute atomic E-state index is 14.9. The van der Waals surface area contributed by atoms with Gasteiger partial charge in [-0.25, -0.2) is 5.84 Å². The van der Waals surface area contributed by atoms with E-state index in [9.17, 15) is 78.6 Å². The summed E-state index contributed by atoms with van der Waals surface area (Å²) in [4.78, 5) is 146. The van der Waals surface area contributed by atoms with E-state index in [-0.39, 0.29) is 186 Å². The molecule has 1 atom stereocenters. The molecule has 4 heterocycles. The van der Waals surface area contributed by atoms with Gasteiger partial charge in [-0.3, -0.25) is 103 Å². The van der Waals surface area contributed by atoms with Crippen molar-refractivity contribution in [1.29, 1.82) is 0 Å². The van der Waals surface area contributed by atoms with Crippen LogP contribution in [0.3, 0.4) is 0 Å². The fourth-order valence-corrected chi connectivity index (χ4v) is 9.98. The Bertz CT molecular complexity index is 2850. The summed E-state index contributed by atoms with van der Waals surface area (Å²) in [7, 11) is 0. The number of carboxylic acid groups (broad SMARTS) is 6. The number of hydrogen-bond acceptors (Lipinski definition) is 19. The second kappa shape index (κ2) is 32.0. The molecule has 2 saturated heterocycles. The molecule has 3 amide bonds. The van der Waals surface area contributed by atoms with Crippen molar-refractivity contribution < 1.29 is 110 Å². The molecule has 12 N–H and O–H groups in total. The molecule has 0 aliphatic carbocycles. The molecule has 6 rings (SSSR count). The van der Waals surface area contributed by atoms with E-state index in [0.717, 1.165) is 5.01 Å². The number of fused-ring (bicyclic) bond motifs is 2. The minimum atomic E-state index is -1.48. The number of rotatable bonds is 21. The molecule has 442 valence electrons. The smallest absolute Gasteiger partial charge is 1.00 e. The zero-order chi connectivity index (χ0) is 58.8. The van der Waals surface area contributed by atoms with Crippen LogP contribution < -0.4 is 46.3 Å². The number of nitrogens with one attached hydrogen (secondary N) is 4. The van der Waals surface area contributed by atoms with Crippen molar-refractivity contribution in [3.05, 3.63) is 71.0 Å². The van der Waals surface area contributed by atoms with Gasteiger partial charge in [-0.15, -0.1) is 0 Å². The Labute approximate surface area is 494 Å². The molecule has 31 heteroatoms. The van der Waals surface area contributed by atoms with E-state index in [0.29, 0.717) is 39.2 Å². The van der Waals surface area contributed by atoms with Gasteiger partial charge in [-0.05, 0) is 23.3 Å². The quantitative estimate of drug-likeness (QED) is 0.0122. The average molecular weight is 1160 g/mol. The van der Waals surface area contributed by atoms with Crippen molar-refractivity contribution in [2.24, 2.45) is 5.84 Å². The van der Waals surface area contributed by atoms with Crippen molar-refractivity contribution in [1.82, 2.24) is 65.0 Å². The number of para-hydroxylation sites is 2. The zero-order valence-corrected chi connectivity index (χ0v) is 47.6. The average Bonchev–Trinajstić information content (AvgIpc) is 3.72. The SMILES string of the molecule is NN(C(=O)c1[nH]c2ccccc2c1Cc1c(C(=O)NNC(=O)CN2CCN(CC(=O)O)CCN(CC(=O)O)CCN(CC(=O)O)CC2)[nH]c2ccccc12)C(C=O)N1CCN(CC(=O)O)CCN(CC(=O)O)CCN(CC(=O)O)CC1.[H-].[Na+]. The number of aromatic amines is 2. The maximum atomic E-state index is 14.9. The van der Waals surface area contributed by atoms with Gasteiger partial charge in [0.15, 0.2) is 12.5 Å². The van der Waals surface area contributed by atoms with E-state index in [1.807, 2.05) is 0 Å². The molecule has 2 aromatic carbocycles. The Balaban J connectivity index is 0.00000740. The van der Waals surface area contributed by atoms with Crippen LogP contribution in [0.4, 0.5) is 0 Å². The van der Waals surface area contributed by atoms with Crippen LogP contribution in [0.5, 0.6) is 0 Å². The first-order valence-corrected chi connectivity index (χ1v) is 26.1. The molecule has 2 aliphatic heterocycles. The Morgan fingerprint density at radius 3 is 1.13 bits per heavy atom. The van der Waals surface area contributed by atoms with Crippen LogP contribution in [0.1, 0.15) is 33.5 Å². The Kier molecular flexibility index (Phi) is 25.7. The molecule has 1 unspecified atom stereocenters. The van der Waals surface area contributed by atoms with E-state index in [2.05, 4.69) is 20.8 Å². The molecule has 82 heavy (non-hydrogen) atoms. The van der Waals surface area contributed by atoms with Crippen LogP contribution in [0.15, 0.2) is 48.5 Å². The minimum Gasteiger partial charge on any atom is -1.00 e. The van der Waals surface area contributed by atoms with Crippen LogP contribution in [0.2, 0.25) is 0 Å². The molecule has 2 aromatic heterocycles. The molecule has 0 spiro atoms. The summed E-state index contributed by atoms with van der Waals surface area (Å²) in [5.41, 5.74) is 6.68. The molecule has 0 bridgehead atoms. The van der Waals surface area contributed by atoms with E-state index in [4.69, 9.17) is 5.84 Å². The van der Waals surface area contributed by atoms with Crippen LogP contribution in [0, 0.1) is 0 Å². The zero-order valence-electron chi connectivity index (χ0n) is 46.6. The fourth-order valence-electron chi connectivity index (χ4n) is 9.98. The van der Waals surface area contributed by atoms with Gasteiger partial charge >= 0.3 is 65.4 Å². The van der Waals surface area contributed by atoms with E-state index >= 15 is 0 Å². The number of aliphatic carboxylic acids is 6. The molecule has 2 fully saturated rings. The summed E-state index contributed by atoms with van der Waals surface area (Å²) >= 11 is 0. The van der Waals surface area contributed by atoms with Gasteiger partial charge < -0.3 is 42.0 Å². The third-order valence-electron chi connectivity index (χ3n) is 14.1. The van der Waals surface area contributed by atoms with E-state index < -0.39 is 72.8 Å². The molecule has 30 nitrogen and oxygen atoms in total. The van der Waals surface area contributed by atoms with Crippen molar-refractivity contribution in [2.45, 2.75) is 12.6 Å². The van der Waals surface area contributed by atoms with Crippen LogP contribution in [-0.2, 0) is 44.8 Å². The summed E-state index contributed by atoms with van der Waals surface area (Å²) in [6.07, 6.45) is -1.13. The summed E-state index contributed by atoms with van der Waals surface area (Å²) in [6.45, 7) is -0.836. The summed E-state index contributed by atoms with van der Waals surface area (Å²) in [5, 5.41) is 59.7. The number of H-pyrrole nitrogens is 2. The van der Waals surface area contributed by atoms with E-state index in [1.165, 1.54) is 4.90 Å². The van der Waals surface area contributed by atoms with Gasteiger partial charge in [0.25, 0.3) is 17.7 Å². The standard InChI is InChI=1S/C51H70N14O16.Na.H/c52-65(41(33-66)64-23-21-62(31-46(76)77)19-17-61(30-45(74)75)18-20-63(22-24-64)32-47(78)79)51(81)49-37(35-6-2-4-8-39(35)54-49)25-36-34-5-1-3-7-38(34)53-48(36)50(80)56-55-40(67)26-57-9-11-58(27-42(68)69)13-15-60(29-44(72)73)16-14-59(12-10-57)28-43(70)71;;/h1-8,33,41,53-54H,9-32,52H2,(H,55,67)(H,56,80)(H,68,69)(H,70,71)(H,72,73)(H,74,75)(H,76,77)(H,78,79);;/q;+1;-1. The number of carboxylic acids is 6. The van der Waals surface area contributed by atoms with Crippen molar-refractivity contribution >= 4 is 81.6 Å². The Morgan fingerprint density at radius 1 is 0.488 bits per heavy atom. The number of carbonyl (C=O) groups excluding carboxylic acids is 4.